The molecule has 0 aliphatic heterocycles. The molecule has 0 aromatic carbocycles. The van der Waals surface area contributed by atoms with Crippen molar-refractivity contribution in [3.05, 3.63) is 11.4 Å². The number of unbranched alkanes of at least 4 members (excludes halogenated alkanes) is 28. The molecule has 0 aromatic rings. The van der Waals surface area contributed by atoms with Crippen LogP contribution in [-0.4, -0.2) is 81.7 Å². The summed E-state index contributed by atoms with van der Waals surface area (Å²) >= 11 is 0. The van der Waals surface area contributed by atoms with E-state index in [1.165, 1.54) is 154 Å². The van der Waals surface area contributed by atoms with Crippen LogP contribution in [0.25, 0.3) is 4.85 Å². The number of esters is 2. The highest BCUT2D eigenvalue weighted by molar-refractivity contribution is 7.48. The zero-order valence-corrected chi connectivity index (χ0v) is 41.6. The maximum Gasteiger partial charge on any atom is 0.475 e. The van der Waals surface area contributed by atoms with E-state index in [1.807, 2.05) is 0 Å². The van der Waals surface area contributed by atoms with Crippen LogP contribution in [0.3, 0.4) is 0 Å². The van der Waals surface area contributed by atoms with Crippen LogP contribution in [0.5, 0.6) is 0 Å². The second-order valence-corrected chi connectivity index (χ2v) is 19.2. The van der Waals surface area contributed by atoms with E-state index in [-0.39, 0.29) is 45.4 Å². The van der Waals surface area contributed by atoms with Gasteiger partial charge in [0, 0.05) is 12.8 Å². The van der Waals surface area contributed by atoms with Crippen molar-refractivity contribution in [1.82, 2.24) is 0 Å². The van der Waals surface area contributed by atoms with Gasteiger partial charge in [0.1, 0.15) is 26.4 Å². The Morgan fingerprint density at radius 3 is 1.23 bits per heavy atom. The third-order valence-corrected chi connectivity index (χ3v) is 13.9. The number of rotatable bonds is 48. The van der Waals surface area contributed by atoms with Gasteiger partial charge in [0.15, 0.2) is 6.10 Å². The van der Waals surface area contributed by atoms with Crippen molar-refractivity contribution in [2.45, 2.75) is 246 Å². The van der Waals surface area contributed by atoms with Gasteiger partial charge in [-0.3, -0.25) is 23.2 Å². The summed E-state index contributed by atoms with van der Waals surface area (Å²) in [7, 11) is -4.10. The minimum Gasteiger partial charge on any atom is -0.462 e. The van der Waals surface area contributed by atoms with Crippen LogP contribution >= 0.6 is 7.82 Å². The Morgan fingerprint density at radius 2 is 0.852 bits per heavy atom. The second kappa shape index (κ2) is 43.7. The number of ether oxygens (including phenoxy) is 2. The molecule has 0 saturated carbocycles. The molecule has 0 N–H and O–H groups in total. The van der Waals surface area contributed by atoms with Gasteiger partial charge < -0.3 is 18.8 Å². The Kier molecular flexibility index (Phi) is 42.7. The number of carbonyl (C=O) groups excluding carboxylic acids is 2. The van der Waals surface area contributed by atoms with Gasteiger partial charge in [0.05, 0.1) is 26.2 Å². The van der Waals surface area contributed by atoms with Gasteiger partial charge in [-0.05, 0) is 33.6 Å². The molecule has 61 heavy (non-hydrogen) atoms. The van der Waals surface area contributed by atoms with Crippen molar-refractivity contribution in [2.75, 3.05) is 59.2 Å². The van der Waals surface area contributed by atoms with Crippen molar-refractivity contribution in [3.8, 4) is 0 Å². The standard InChI is InChI=1S/C50H98N2O8P/c1-7-12-14-16-18-20-22-24-26-28-30-32-34-36-38-40-49(53)56-46-48(47-59-61(55,57-44-42-51-6)58-45-43-52(9-3,10-4)11-5)60-50(54)41-39-37-35-33-31-29-27-25-23-21-19-17-15-13-8-2/h48H,7-47H2,1-5H3/q+1. The number of phosphoric ester groups is 1. The predicted molar refractivity (Wildman–Crippen MR) is 254 cm³/mol. The first-order valence-corrected chi connectivity index (χ1v) is 27.3. The van der Waals surface area contributed by atoms with Crippen LogP contribution < -0.4 is 0 Å². The second-order valence-electron chi connectivity index (χ2n) is 17.5. The highest BCUT2D eigenvalue weighted by Crippen LogP contribution is 2.49. The molecule has 0 aromatic heterocycles. The Bertz CT molecular complexity index is 1070. The summed E-state index contributed by atoms with van der Waals surface area (Å²) < 4.78 is 42.9. The molecule has 360 valence electrons. The predicted octanol–water partition coefficient (Wildman–Crippen LogP) is 14.9. The normalized spacial score (nSPS) is 13.2. The quantitative estimate of drug-likeness (QED) is 0.0196. The third-order valence-electron chi connectivity index (χ3n) is 12.4. The van der Waals surface area contributed by atoms with E-state index in [0.29, 0.717) is 13.0 Å². The SMILES string of the molecule is [C-]#[N+]CCOP(=O)(OCC[N+](CC)(CC)CC)OCC(COC(=O)CCCCCCCCCCCCCCCCC)OC(=O)CCCCCCCCCCCCCCCCC. The summed E-state index contributed by atoms with van der Waals surface area (Å²) in [5.41, 5.74) is 0. The van der Waals surface area contributed by atoms with Crippen LogP contribution in [0.2, 0.25) is 0 Å². The van der Waals surface area contributed by atoms with Crippen LogP contribution in [0, 0.1) is 6.57 Å². The molecular formula is C50H98N2O8P+. The van der Waals surface area contributed by atoms with Gasteiger partial charge in [-0.15, -0.1) is 0 Å². The molecule has 0 spiro atoms. The van der Waals surface area contributed by atoms with Gasteiger partial charge in [-0.1, -0.05) is 194 Å². The van der Waals surface area contributed by atoms with Crippen molar-refractivity contribution >= 4 is 19.8 Å². The summed E-state index contributed by atoms with van der Waals surface area (Å²) in [5.74, 6) is -0.749. The Hall–Kier alpha value is -1.50. The minimum atomic E-state index is -4.10. The fraction of sp³-hybridized carbons (Fsp3) is 0.940. The maximum absolute atomic E-state index is 13.7. The third kappa shape index (κ3) is 37.6. The molecule has 0 rings (SSSR count). The maximum atomic E-state index is 13.7. The monoisotopic (exact) mass is 886 g/mol. The first kappa shape index (κ1) is 59.5. The van der Waals surface area contributed by atoms with E-state index in [0.717, 1.165) is 62.6 Å². The molecule has 0 bridgehead atoms. The summed E-state index contributed by atoms with van der Waals surface area (Å²) in [6.45, 7) is 20.9. The zero-order chi connectivity index (χ0) is 45.0. The fourth-order valence-electron chi connectivity index (χ4n) is 7.88. The molecule has 0 radical (unpaired) electrons. The molecule has 10 nitrogen and oxygen atoms in total. The molecular weight excluding hydrogens is 788 g/mol. The summed E-state index contributed by atoms with van der Waals surface area (Å²) in [6, 6.07) is 0. The first-order chi connectivity index (χ1) is 29.7. The lowest BCUT2D eigenvalue weighted by Gasteiger charge is -2.35. The molecule has 0 fully saturated rings. The molecule has 0 heterocycles. The van der Waals surface area contributed by atoms with Crippen molar-refractivity contribution < 1.29 is 41.7 Å². The Morgan fingerprint density at radius 1 is 0.492 bits per heavy atom. The number of nitrogens with zero attached hydrogens (tertiary/aromatic N) is 2. The van der Waals surface area contributed by atoms with E-state index < -0.39 is 19.9 Å². The summed E-state index contributed by atoms with van der Waals surface area (Å²) in [6.07, 6.45) is 37.1. The summed E-state index contributed by atoms with van der Waals surface area (Å²) in [4.78, 5) is 29.0. The van der Waals surface area contributed by atoms with Gasteiger partial charge >= 0.3 is 19.8 Å². The van der Waals surface area contributed by atoms with E-state index in [9.17, 15) is 14.2 Å². The molecule has 0 amide bonds. The van der Waals surface area contributed by atoms with Crippen molar-refractivity contribution in [1.29, 1.82) is 0 Å². The van der Waals surface area contributed by atoms with Crippen molar-refractivity contribution in [2.24, 2.45) is 0 Å². The molecule has 11 heteroatoms. The lowest BCUT2D eigenvalue weighted by Crippen LogP contribution is -2.49. The van der Waals surface area contributed by atoms with Gasteiger partial charge in [-0.25, -0.2) is 11.1 Å². The molecule has 2 atom stereocenters. The highest BCUT2D eigenvalue weighted by Gasteiger charge is 2.32. The van der Waals surface area contributed by atoms with Gasteiger partial charge in [0.25, 0.3) is 0 Å². The smallest absolute Gasteiger partial charge is 0.462 e. The lowest BCUT2D eigenvalue weighted by atomic mass is 10.0. The topological polar surface area (TPSA) is 102 Å². The van der Waals surface area contributed by atoms with Crippen LogP contribution in [0.15, 0.2) is 0 Å². The molecule has 0 saturated heterocycles. The minimum absolute atomic E-state index is 0.00415. The average molecular weight is 886 g/mol. The Balaban J connectivity index is 4.82. The average Bonchev–Trinajstić information content (AvgIpc) is 3.26. The van der Waals surface area contributed by atoms with E-state index in [4.69, 9.17) is 29.6 Å². The van der Waals surface area contributed by atoms with E-state index in [2.05, 4.69) is 39.5 Å². The summed E-state index contributed by atoms with van der Waals surface area (Å²) in [5, 5.41) is 0. The van der Waals surface area contributed by atoms with Gasteiger partial charge in [-0.2, -0.15) is 0 Å². The van der Waals surface area contributed by atoms with Gasteiger partial charge in [0.2, 0.25) is 6.54 Å². The number of likely N-dealkylation sites (N-methyl/N-ethyl adjacent to an activating group) is 1. The Labute approximate surface area is 377 Å². The number of quaternary nitrogens is 1. The number of hydrogen-bond donors (Lipinski definition) is 0. The van der Waals surface area contributed by atoms with Crippen LogP contribution in [-0.2, 0) is 37.2 Å². The van der Waals surface area contributed by atoms with E-state index in [1.54, 1.807) is 0 Å². The number of phosphoric acid groups is 1. The van der Waals surface area contributed by atoms with Crippen molar-refractivity contribution in [3.63, 3.8) is 0 Å². The van der Waals surface area contributed by atoms with E-state index >= 15 is 0 Å². The lowest BCUT2D eigenvalue weighted by molar-refractivity contribution is -0.923. The number of hydrogen-bond acceptors (Lipinski definition) is 8. The largest absolute Gasteiger partial charge is 0.475 e. The van der Waals surface area contributed by atoms with Crippen LogP contribution in [0.4, 0.5) is 0 Å². The molecule has 0 aliphatic carbocycles. The number of carbonyl (C=O) groups is 2. The molecule has 2 unspecified atom stereocenters. The first-order valence-electron chi connectivity index (χ1n) is 25.8. The highest BCUT2D eigenvalue weighted by atomic mass is 31.2. The zero-order valence-electron chi connectivity index (χ0n) is 40.7. The molecule has 0 aliphatic rings. The van der Waals surface area contributed by atoms with Crippen LogP contribution in [0.1, 0.15) is 240 Å². The fourth-order valence-corrected chi connectivity index (χ4v) is 9.06.